The minimum Gasteiger partial charge on any atom is -0.449 e. The molecule has 0 aliphatic rings. The van der Waals surface area contributed by atoms with Gasteiger partial charge in [-0.3, -0.25) is 15.6 Å². The maximum absolute atomic E-state index is 12.5. The summed E-state index contributed by atoms with van der Waals surface area (Å²) in [6.07, 6.45) is 1.09. The molecule has 0 spiro atoms. The summed E-state index contributed by atoms with van der Waals surface area (Å²) in [6, 6.07) is 6.71. The van der Waals surface area contributed by atoms with Crippen LogP contribution in [0.3, 0.4) is 0 Å². The van der Waals surface area contributed by atoms with Crippen molar-refractivity contribution in [3.63, 3.8) is 0 Å². The lowest BCUT2D eigenvalue weighted by Crippen LogP contribution is -2.18. The SMILES string of the molecule is CC(C)COC(=O)Nc1ccc(-c2nnn(C)c2NC(=O)O[C@H](C)c2cccnc2Cl)nc1. The highest BCUT2D eigenvalue weighted by molar-refractivity contribution is 6.30. The Bertz CT molecular complexity index is 1120. The minimum atomic E-state index is -0.722. The highest BCUT2D eigenvalue weighted by Crippen LogP contribution is 2.26. The third-order valence-corrected chi connectivity index (χ3v) is 4.67. The maximum Gasteiger partial charge on any atom is 0.413 e. The van der Waals surface area contributed by atoms with E-state index in [4.69, 9.17) is 21.1 Å². The van der Waals surface area contributed by atoms with Gasteiger partial charge in [0.15, 0.2) is 11.5 Å². The van der Waals surface area contributed by atoms with Crippen LogP contribution in [0.5, 0.6) is 0 Å². The smallest absolute Gasteiger partial charge is 0.413 e. The predicted molar refractivity (Wildman–Crippen MR) is 122 cm³/mol. The largest absolute Gasteiger partial charge is 0.449 e. The number of aryl methyl sites for hydroxylation is 1. The van der Waals surface area contributed by atoms with Crippen LogP contribution in [0.1, 0.15) is 32.4 Å². The van der Waals surface area contributed by atoms with E-state index in [-0.39, 0.29) is 16.9 Å². The van der Waals surface area contributed by atoms with Gasteiger partial charge in [0.1, 0.15) is 11.3 Å². The molecule has 3 rings (SSSR count). The van der Waals surface area contributed by atoms with E-state index >= 15 is 0 Å². The number of nitrogens with one attached hydrogen (secondary N) is 2. The molecule has 2 amide bonds. The fraction of sp³-hybridized carbons (Fsp3) is 0.333. The second kappa shape index (κ2) is 10.7. The number of hydrogen-bond donors (Lipinski definition) is 2. The van der Waals surface area contributed by atoms with Gasteiger partial charge < -0.3 is 9.47 Å². The zero-order valence-corrected chi connectivity index (χ0v) is 19.3. The second-order valence-corrected chi connectivity index (χ2v) is 7.87. The Morgan fingerprint density at radius 3 is 2.58 bits per heavy atom. The van der Waals surface area contributed by atoms with E-state index in [0.29, 0.717) is 29.2 Å². The number of nitrogens with zero attached hydrogens (tertiary/aromatic N) is 5. The Morgan fingerprint density at radius 1 is 1.12 bits per heavy atom. The average molecular weight is 474 g/mol. The van der Waals surface area contributed by atoms with Gasteiger partial charge in [-0.25, -0.2) is 19.3 Å². The van der Waals surface area contributed by atoms with Crippen LogP contribution in [0.4, 0.5) is 21.1 Å². The van der Waals surface area contributed by atoms with Crippen molar-refractivity contribution in [1.82, 2.24) is 25.0 Å². The molecular weight excluding hydrogens is 450 g/mol. The number of aromatic nitrogens is 5. The Morgan fingerprint density at radius 2 is 1.91 bits per heavy atom. The maximum atomic E-state index is 12.5. The molecule has 33 heavy (non-hydrogen) atoms. The Balaban J connectivity index is 1.67. The average Bonchev–Trinajstić information content (AvgIpc) is 3.13. The number of ether oxygens (including phenoxy) is 2. The fourth-order valence-corrected chi connectivity index (χ4v) is 3.00. The van der Waals surface area contributed by atoms with Gasteiger partial charge in [0.25, 0.3) is 0 Å². The zero-order valence-electron chi connectivity index (χ0n) is 18.6. The van der Waals surface area contributed by atoms with Gasteiger partial charge in [-0.2, -0.15) is 0 Å². The normalized spacial score (nSPS) is 11.7. The molecule has 1 atom stereocenters. The second-order valence-electron chi connectivity index (χ2n) is 7.52. The summed E-state index contributed by atoms with van der Waals surface area (Å²) in [4.78, 5) is 32.6. The Kier molecular flexibility index (Phi) is 7.78. The molecule has 0 aliphatic carbocycles. The molecule has 12 heteroatoms. The summed E-state index contributed by atoms with van der Waals surface area (Å²) >= 11 is 6.06. The molecule has 0 radical (unpaired) electrons. The van der Waals surface area contributed by atoms with Crippen LogP contribution in [0, 0.1) is 5.92 Å². The van der Waals surface area contributed by atoms with Gasteiger partial charge in [-0.15, -0.1) is 5.10 Å². The number of amides is 2. The molecule has 0 aromatic carbocycles. The number of carbonyl (C=O) groups excluding carboxylic acids is 2. The van der Waals surface area contributed by atoms with Crippen LogP contribution in [0.2, 0.25) is 5.15 Å². The Labute approximate surface area is 195 Å². The fourth-order valence-electron chi connectivity index (χ4n) is 2.73. The van der Waals surface area contributed by atoms with Crippen LogP contribution >= 0.6 is 11.6 Å². The summed E-state index contributed by atoms with van der Waals surface area (Å²) in [7, 11) is 1.62. The van der Waals surface area contributed by atoms with Crippen molar-refractivity contribution in [3.05, 3.63) is 47.4 Å². The van der Waals surface area contributed by atoms with Crippen LogP contribution < -0.4 is 10.6 Å². The van der Waals surface area contributed by atoms with Gasteiger partial charge in [-0.05, 0) is 31.0 Å². The monoisotopic (exact) mass is 473 g/mol. The van der Waals surface area contributed by atoms with Crippen molar-refractivity contribution in [2.45, 2.75) is 26.9 Å². The van der Waals surface area contributed by atoms with Gasteiger partial charge >= 0.3 is 12.2 Å². The summed E-state index contributed by atoms with van der Waals surface area (Å²) in [5.74, 6) is 0.517. The van der Waals surface area contributed by atoms with E-state index in [0.717, 1.165) is 0 Å². The molecule has 0 bridgehead atoms. The molecule has 0 aliphatic heterocycles. The van der Waals surface area contributed by atoms with Crippen molar-refractivity contribution in [3.8, 4) is 11.4 Å². The molecule has 0 unspecified atom stereocenters. The van der Waals surface area contributed by atoms with Crippen LogP contribution in [-0.4, -0.2) is 43.8 Å². The molecule has 0 saturated carbocycles. The van der Waals surface area contributed by atoms with Crippen LogP contribution in [-0.2, 0) is 16.5 Å². The minimum absolute atomic E-state index is 0.231. The highest BCUT2D eigenvalue weighted by atomic mass is 35.5. The number of rotatable bonds is 7. The lowest BCUT2D eigenvalue weighted by molar-refractivity contribution is 0.121. The standard InChI is InChI=1S/C21H24ClN7O4/c1-12(2)11-32-20(30)25-14-7-8-16(24-10-14)17-19(29(4)28-27-17)26-21(31)33-13(3)15-6-5-9-23-18(15)22/h5-10,12-13H,11H2,1-4H3,(H,25,30)(H,26,31)/t13-/m1/s1. The molecule has 3 aromatic heterocycles. The number of anilines is 2. The van der Waals surface area contributed by atoms with Crippen LogP contribution in [0.15, 0.2) is 36.7 Å². The quantitative estimate of drug-likeness (QED) is 0.481. The topological polar surface area (TPSA) is 133 Å². The van der Waals surface area contributed by atoms with Crippen molar-refractivity contribution in [2.75, 3.05) is 17.2 Å². The van der Waals surface area contributed by atoms with E-state index in [1.54, 1.807) is 44.4 Å². The van der Waals surface area contributed by atoms with E-state index < -0.39 is 18.3 Å². The first-order valence-electron chi connectivity index (χ1n) is 10.1. The van der Waals surface area contributed by atoms with E-state index in [9.17, 15) is 9.59 Å². The van der Waals surface area contributed by atoms with E-state index in [2.05, 4.69) is 30.9 Å². The summed E-state index contributed by atoms with van der Waals surface area (Å²) in [5, 5.41) is 13.5. The van der Waals surface area contributed by atoms with Crippen molar-refractivity contribution in [2.24, 2.45) is 13.0 Å². The first-order valence-corrected chi connectivity index (χ1v) is 10.5. The summed E-state index contributed by atoms with van der Waals surface area (Å²) in [5.41, 5.74) is 1.79. The summed E-state index contributed by atoms with van der Waals surface area (Å²) < 4.78 is 11.9. The third-order valence-electron chi connectivity index (χ3n) is 4.36. The number of carbonyl (C=O) groups is 2. The molecule has 3 heterocycles. The number of pyridine rings is 2. The molecule has 3 aromatic rings. The van der Waals surface area contributed by atoms with Crippen molar-refractivity contribution >= 4 is 35.3 Å². The number of halogens is 1. The van der Waals surface area contributed by atoms with E-state index in [1.807, 2.05) is 13.8 Å². The lowest BCUT2D eigenvalue weighted by Gasteiger charge is -2.15. The van der Waals surface area contributed by atoms with Gasteiger partial charge in [0.2, 0.25) is 0 Å². The first-order chi connectivity index (χ1) is 15.7. The molecule has 11 nitrogen and oxygen atoms in total. The van der Waals surface area contributed by atoms with E-state index in [1.165, 1.54) is 10.9 Å². The number of hydrogen-bond acceptors (Lipinski definition) is 8. The zero-order chi connectivity index (χ0) is 24.0. The van der Waals surface area contributed by atoms with Gasteiger partial charge in [-0.1, -0.05) is 36.7 Å². The van der Waals surface area contributed by atoms with Gasteiger partial charge in [0, 0.05) is 18.8 Å². The van der Waals surface area contributed by atoms with Crippen molar-refractivity contribution in [1.29, 1.82) is 0 Å². The molecule has 0 fully saturated rings. The summed E-state index contributed by atoms with van der Waals surface area (Å²) in [6.45, 7) is 5.89. The molecule has 0 saturated heterocycles. The lowest BCUT2D eigenvalue weighted by atomic mass is 10.2. The van der Waals surface area contributed by atoms with Crippen molar-refractivity contribution < 1.29 is 19.1 Å². The highest BCUT2D eigenvalue weighted by Gasteiger charge is 2.20. The predicted octanol–water partition coefficient (Wildman–Crippen LogP) is 4.44. The third kappa shape index (κ3) is 6.39. The first kappa shape index (κ1) is 23.9. The molecule has 2 N–H and O–H groups in total. The van der Waals surface area contributed by atoms with Crippen LogP contribution in [0.25, 0.3) is 11.4 Å². The van der Waals surface area contributed by atoms with Gasteiger partial charge in [0.05, 0.1) is 24.2 Å². The Hall–Kier alpha value is -3.73. The molecule has 174 valence electrons. The molecular formula is C21H24ClN7O4.